The van der Waals surface area contributed by atoms with Gasteiger partial charge in [-0.05, 0) is 59.2 Å². The minimum atomic E-state index is -0.142. The maximum Gasteiger partial charge on any atom is 0.254 e. The highest BCUT2D eigenvalue weighted by atomic mass is 35.5. The molecular weight excluding hydrogens is 522 g/mol. The van der Waals surface area contributed by atoms with Gasteiger partial charge in [0.2, 0.25) is 5.91 Å². The topological polar surface area (TPSA) is 54.8 Å². The van der Waals surface area contributed by atoms with E-state index < -0.39 is 0 Å². The molecule has 0 bridgehead atoms. The summed E-state index contributed by atoms with van der Waals surface area (Å²) < 4.78 is 7.36. The summed E-state index contributed by atoms with van der Waals surface area (Å²) in [6.07, 6.45) is 2.67. The number of methoxy groups -OCH3 is 1. The molecule has 40 heavy (non-hydrogen) atoms. The van der Waals surface area contributed by atoms with Gasteiger partial charge in [0.15, 0.2) is 0 Å². The number of hydrogen-bond donors (Lipinski definition) is 0. The molecule has 0 unspecified atom stereocenters. The fourth-order valence-corrected chi connectivity index (χ4v) is 4.85. The molecule has 2 aromatic carbocycles. The van der Waals surface area contributed by atoms with Gasteiger partial charge in [-0.25, -0.2) is 0 Å². The van der Waals surface area contributed by atoms with E-state index in [-0.39, 0.29) is 29.7 Å². The van der Waals surface area contributed by atoms with Crippen molar-refractivity contribution in [2.24, 2.45) is 5.92 Å². The summed E-state index contributed by atoms with van der Waals surface area (Å²) in [5, 5.41) is 0.720. The average Bonchev–Trinajstić information content (AvgIpc) is 3.34. The summed E-state index contributed by atoms with van der Waals surface area (Å²) in [5.41, 5.74) is 3.78. The number of carbonyl (C=O) groups is 2. The molecule has 0 atom stereocenters. The number of rotatable bonds is 13. The zero-order valence-electron chi connectivity index (χ0n) is 24.8. The monoisotopic (exact) mass is 565 g/mol. The van der Waals surface area contributed by atoms with Crippen molar-refractivity contribution >= 4 is 23.4 Å². The van der Waals surface area contributed by atoms with Crippen LogP contribution in [0.2, 0.25) is 5.02 Å². The minimum absolute atomic E-state index is 0.00342. The first kappa shape index (κ1) is 31.4. The summed E-state index contributed by atoms with van der Waals surface area (Å²) in [6.45, 7) is 13.3. The van der Waals surface area contributed by atoms with Crippen LogP contribution < -0.4 is 0 Å². The van der Waals surface area contributed by atoms with Crippen molar-refractivity contribution in [1.29, 1.82) is 0 Å². The van der Waals surface area contributed by atoms with Gasteiger partial charge in [-0.3, -0.25) is 9.59 Å². The van der Waals surface area contributed by atoms with Gasteiger partial charge in [-0.15, -0.1) is 0 Å². The molecule has 1 aromatic heterocycles. The van der Waals surface area contributed by atoms with Crippen LogP contribution in [-0.2, 0) is 28.0 Å². The smallest absolute Gasteiger partial charge is 0.254 e. The summed E-state index contributed by atoms with van der Waals surface area (Å²) in [4.78, 5) is 30.9. The van der Waals surface area contributed by atoms with Gasteiger partial charge in [-0.1, -0.05) is 76.6 Å². The number of ether oxygens (including phenoxy) is 1. The van der Waals surface area contributed by atoms with Gasteiger partial charge in [-0.2, -0.15) is 0 Å². The first-order chi connectivity index (χ1) is 19.0. The predicted molar refractivity (Wildman–Crippen MR) is 163 cm³/mol. The molecule has 7 heteroatoms. The normalized spacial score (nSPS) is 11.6. The molecule has 3 aromatic rings. The Hall–Kier alpha value is -3.09. The number of benzene rings is 2. The van der Waals surface area contributed by atoms with Crippen LogP contribution in [0.25, 0.3) is 0 Å². The molecular formula is C33H44ClN3O3. The third-order valence-corrected chi connectivity index (χ3v) is 7.27. The molecule has 2 amide bonds. The van der Waals surface area contributed by atoms with Crippen LogP contribution in [0.5, 0.6) is 0 Å². The van der Waals surface area contributed by atoms with E-state index in [0.717, 1.165) is 21.8 Å². The molecule has 0 aliphatic carbocycles. The van der Waals surface area contributed by atoms with E-state index >= 15 is 0 Å². The van der Waals surface area contributed by atoms with Crippen LogP contribution in [-0.4, -0.2) is 59.5 Å². The third kappa shape index (κ3) is 8.97. The molecule has 216 valence electrons. The highest BCUT2D eigenvalue weighted by Crippen LogP contribution is 2.23. The average molecular weight is 566 g/mol. The SMILES string of the molecule is COCCCN(CC(=O)N(Cc1cccn1Cc1ccccc1Cl)CC(C)C)C(=O)c1ccc(C(C)(C)C)cc1. The number of hydrogen-bond acceptors (Lipinski definition) is 3. The molecule has 0 fully saturated rings. The van der Waals surface area contributed by atoms with E-state index in [4.69, 9.17) is 16.3 Å². The first-order valence-corrected chi connectivity index (χ1v) is 14.4. The standard InChI is InChI=1S/C33H44ClN3O3/c1-25(2)21-37(23-29-12-9-18-35(29)22-27-11-7-8-13-30(27)34)31(38)24-36(19-10-20-40-6)32(39)26-14-16-28(17-15-26)33(3,4)5/h7-9,11-18,25H,10,19-24H2,1-6H3. The van der Waals surface area contributed by atoms with Crippen molar-refractivity contribution in [2.75, 3.05) is 33.4 Å². The van der Waals surface area contributed by atoms with E-state index in [0.29, 0.717) is 44.8 Å². The lowest BCUT2D eigenvalue weighted by atomic mass is 9.86. The molecule has 6 nitrogen and oxygen atoms in total. The fourth-order valence-electron chi connectivity index (χ4n) is 4.66. The molecule has 0 aliphatic heterocycles. The predicted octanol–water partition coefficient (Wildman–Crippen LogP) is 6.65. The van der Waals surface area contributed by atoms with Crippen molar-refractivity contribution in [1.82, 2.24) is 14.4 Å². The number of aromatic nitrogens is 1. The van der Waals surface area contributed by atoms with E-state index in [2.05, 4.69) is 39.2 Å². The number of amides is 2. The Morgan fingerprint density at radius 1 is 0.975 bits per heavy atom. The fraction of sp³-hybridized carbons (Fsp3) is 0.455. The Morgan fingerprint density at radius 3 is 2.30 bits per heavy atom. The van der Waals surface area contributed by atoms with E-state index in [1.54, 1.807) is 12.0 Å². The molecule has 3 rings (SSSR count). The second kappa shape index (κ2) is 14.5. The Labute approximate surface area is 244 Å². The van der Waals surface area contributed by atoms with Gasteiger partial charge in [0.05, 0.1) is 6.54 Å². The van der Waals surface area contributed by atoms with Crippen molar-refractivity contribution in [3.05, 3.63) is 94.3 Å². The molecule has 0 N–H and O–H groups in total. The second-order valence-electron chi connectivity index (χ2n) is 11.8. The zero-order chi connectivity index (χ0) is 29.3. The quantitative estimate of drug-likeness (QED) is 0.218. The molecule has 0 spiro atoms. The zero-order valence-corrected chi connectivity index (χ0v) is 25.6. The highest BCUT2D eigenvalue weighted by Gasteiger charge is 2.24. The van der Waals surface area contributed by atoms with Crippen LogP contribution in [0.15, 0.2) is 66.9 Å². The Bertz CT molecular complexity index is 1240. The van der Waals surface area contributed by atoms with Gasteiger partial charge in [0.25, 0.3) is 5.91 Å². The number of nitrogens with zero attached hydrogens (tertiary/aromatic N) is 3. The van der Waals surface area contributed by atoms with Crippen molar-refractivity contribution in [3.63, 3.8) is 0 Å². The summed E-state index contributed by atoms with van der Waals surface area (Å²) >= 11 is 6.41. The molecule has 0 aliphatic rings. The number of halogens is 1. The largest absolute Gasteiger partial charge is 0.385 e. The summed E-state index contributed by atoms with van der Waals surface area (Å²) in [7, 11) is 1.64. The Balaban J connectivity index is 1.79. The Morgan fingerprint density at radius 2 is 1.68 bits per heavy atom. The lowest BCUT2D eigenvalue weighted by Gasteiger charge is -2.29. The van der Waals surface area contributed by atoms with Crippen LogP contribution in [0.3, 0.4) is 0 Å². The van der Waals surface area contributed by atoms with E-state index in [9.17, 15) is 9.59 Å². The molecule has 1 heterocycles. The maximum absolute atomic E-state index is 13.8. The Kier molecular flexibility index (Phi) is 11.4. The van der Waals surface area contributed by atoms with Gasteiger partial charge >= 0.3 is 0 Å². The van der Waals surface area contributed by atoms with E-state index in [1.165, 1.54) is 0 Å². The highest BCUT2D eigenvalue weighted by molar-refractivity contribution is 6.31. The number of carbonyl (C=O) groups excluding carboxylic acids is 2. The van der Waals surface area contributed by atoms with E-state index in [1.807, 2.05) is 71.8 Å². The van der Waals surface area contributed by atoms with Gasteiger partial charge < -0.3 is 19.1 Å². The summed E-state index contributed by atoms with van der Waals surface area (Å²) in [6, 6.07) is 19.6. The molecule has 0 radical (unpaired) electrons. The van der Waals surface area contributed by atoms with Crippen molar-refractivity contribution < 1.29 is 14.3 Å². The lowest BCUT2D eigenvalue weighted by Crippen LogP contribution is -2.44. The summed E-state index contributed by atoms with van der Waals surface area (Å²) in [5.74, 6) is 0.0614. The minimum Gasteiger partial charge on any atom is -0.385 e. The third-order valence-electron chi connectivity index (χ3n) is 6.90. The molecule has 0 saturated heterocycles. The van der Waals surface area contributed by atoms with Crippen LogP contribution in [0.1, 0.15) is 68.2 Å². The van der Waals surface area contributed by atoms with Crippen LogP contribution >= 0.6 is 11.6 Å². The van der Waals surface area contributed by atoms with Gasteiger partial charge in [0.1, 0.15) is 6.54 Å². The first-order valence-electron chi connectivity index (χ1n) is 14.0. The maximum atomic E-state index is 13.8. The second-order valence-corrected chi connectivity index (χ2v) is 12.2. The van der Waals surface area contributed by atoms with Crippen molar-refractivity contribution in [2.45, 2.75) is 59.5 Å². The van der Waals surface area contributed by atoms with Crippen LogP contribution in [0.4, 0.5) is 0 Å². The van der Waals surface area contributed by atoms with Crippen molar-refractivity contribution in [3.8, 4) is 0 Å². The van der Waals surface area contributed by atoms with Crippen LogP contribution in [0, 0.1) is 5.92 Å². The van der Waals surface area contributed by atoms with Gasteiger partial charge in [0, 0.05) is 55.8 Å². The molecule has 0 saturated carbocycles. The lowest BCUT2D eigenvalue weighted by molar-refractivity contribution is -0.133.